The maximum Gasteiger partial charge on any atom is 0.270 e. The van der Waals surface area contributed by atoms with Gasteiger partial charge in [0.2, 0.25) is 0 Å². The number of pyridine rings is 1. The van der Waals surface area contributed by atoms with Crippen molar-refractivity contribution in [2.24, 2.45) is 5.92 Å². The number of rotatable bonds is 6. The van der Waals surface area contributed by atoms with Gasteiger partial charge in [-0.15, -0.1) is 0 Å². The highest BCUT2D eigenvalue weighted by atomic mass is 16.6. The largest absolute Gasteiger partial charge is 0.393 e. The Labute approximate surface area is 151 Å². The molecule has 1 aromatic carbocycles. The monoisotopic (exact) mass is 354 g/mol. The van der Waals surface area contributed by atoms with E-state index in [4.69, 9.17) is 0 Å². The first-order chi connectivity index (χ1) is 12.6. The van der Waals surface area contributed by atoms with E-state index in [9.17, 15) is 20.5 Å². The molecule has 2 atom stereocenters. The fourth-order valence-corrected chi connectivity index (χ4v) is 3.62. The summed E-state index contributed by atoms with van der Waals surface area (Å²) in [5, 5.41) is 34.0. The molecule has 0 bridgehead atoms. The van der Waals surface area contributed by atoms with Gasteiger partial charge in [-0.3, -0.25) is 10.1 Å². The lowest BCUT2D eigenvalue weighted by atomic mass is 9.83. The van der Waals surface area contributed by atoms with E-state index < -0.39 is 4.92 Å². The Bertz CT molecular complexity index is 847. The molecule has 7 nitrogen and oxygen atoms in total. The molecule has 26 heavy (non-hydrogen) atoms. The predicted octanol–water partition coefficient (Wildman–Crippen LogP) is 3.76. The maximum absolute atomic E-state index is 10.9. The van der Waals surface area contributed by atoms with E-state index in [0.29, 0.717) is 34.7 Å². The molecule has 7 heteroatoms. The zero-order chi connectivity index (χ0) is 18.5. The van der Waals surface area contributed by atoms with E-state index in [1.165, 1.54) is 18.6 Å². The lowest BCUT2D eigenvalue weighted by Gasteiger charge is -2.27. The number of aromatic nitrogens is 1. The summed E-state index contributed by atoms with van der Waals surface area (Å²) in [5.41, 5.74) is 0.867. The summed E-state index contributed by atoms with van der Waals surface area (Å²) in [6.07, 6.45) is 6.02. The molecular formula is C19H22N4O3. The topological polar surface area (TPSA) is 112 Å². The number of nitrogens with zero attached hydrogens (tertiary/aromatic N) is 3. The Hall–Kier alpha value is -2.72. The molecule has 2 unspecified atom stereocenters. The molecule has 0 saturated heterocycles. The lowest BCUT2D eigenvalue weighted by Crippen LogP contribution is -2.24. The number of hydrogen-bond acceptors (Lipinski definition) is 6. The second-order valence-electron chi connectivity index (χ2n) is 6.81. The molecule has 0 radical (unpaired) electrons. The molecule has 0 amide bonds. The number of hydrogen-bond donors (Lipinski definition) is 2. The Morgan fingerprint density at radius 1 is 1.35 bits per heavy atom. The molecule has 1 aliphatic carbocycles. The van der Waals surface area contributed by atoms with Crippen molar-refractivity contribution in [2.75, 3.05) is 11.9 Å². The minimum absolute atomic E-state index is 0.0532. The van der Waals surface area contributed by atoms with Crippen molar-refractivity contribution in [2.45, 2.75) is 44.6 Å². The number of nitrogens with one attached hydrogen (secondary N) is 1. The van der Waals surface area contributed by atoms with Crippen LogP contribution >= 0.6 is 0 Å². The molecule has 0 aliphatic heterocycles. The zero-order valence-electron chi connectivity index (χ0n) is 14.5. The summed E-state index contributed by atoms with van der Waals surface area (Å²) in [5.74, 6) is 0.970. The summed E-state index contributed by atoms with van der Waals surface area (Å²) < 4.78 is 0. The van der Waals surface area contributed by atoms with E-state index in [-0.39, 0.29) is 11.8 Å². The van der Waals surface area contributed by atoms with E-state index in [1.54, 1.807) is 12.1 Å². The van der Waals surface area contributed by atoms with Gasteiger partial charge in [-0.2, -0.15) is 5.26 Å². The van der Waals surface area contributed by atoms with Crippen LogP contribution in [0.2, 0.25) is 0 Å². The Balaban J connectivity index is 1.66. The average molecular weight is 354 g/mol. The average Bonchev–Trinajstić information content (AvgIpc) is 2.65. The van der Waals surface area contributed by atoms with Crippen molar-refractivity contribution >= 4 is 22.4 Å². The van der Waals surface area contributed by atoms with Gasteiger partial charge in [-0.05, 0) is 43.7 Å². The first-order valence-electron chi connectivity index (χ1n) is 8.99. The van der Waals surface area contributed by atoms with Crippen LogP contribution in [-0.2, 0) is 0 Å². The van der Waals surface area contributed by atoms with Gasteiger partial charge < -0.3 is 10.4 Å². The Kier molecular flexibility index (Phi) is 5.64. The van der Waals surface area contributed by atoms with Gasteiger partial charge in [0.25, 0.3) is 5.69 Å². The maximum atomic E-state index is 10.9. The molecule has 1 aliphatic rings. The van der Waals surface area contributed by atoms with Crippen molar-refractivity contribution in [1.82, 2.24) is 4.98 Å². The highest BCUT2D eigenvalue weighted by molar-refractivity contribution is 5.88. The van der Waals surface area contributed by atoms with Gasteiger partial charge in [0.15, 0.2) is 0 Å². The summed E-state index contributed by atoms with van der Waals surface area (Å²) in [4.78, 5) is 14.9. The number of benzene rings is 1. The zero-order valence-corrected chi connectivity index (χ0v) is 14.5. The van der Waals surface area contributed by atoms with Crippen molar-refractivity contribution in [3.8, 4) is 6.07 Å². The molecule has 1 saturated carbocycles. The van der Waals surface area contributed by atoms with E-state index in [2.05, 4.69) is 16.4 Å². The number of aliphatic hydroxyl groups excluding tert-OH is 1. The summed E-state index contributed by atoms with van der Waals surface area (Å²) in [6, 6.07) is 8.06. The van der Waals surface area contributed by atoms with Gasteiger partial charge in [0, 0.05) is 24.1 Å². The number of nitro benzene ring substituents is 1. The third-order valence-corrected chi connectivity index (χ3v) is 5.05. The number of nitriles is 1. The fraction of sp³-hybridized carbons (Fsp3) is 0.474. The second kappa shape index (κ2) is 8.11. The van der Waals surface area contributed by atoms with Crippen LogP contribution in [0.1, 0.15) is 44.1 Å². The van der Waals surface area contributed by atoms with E-state index >= 15 is 0 Å². The first kappa shape index (κ1) is 18.1. The summed E-state index contributed by atoms with van der Waals surface area (Å²) in [7, 11) is 0. The highest BCUT2D eigenvalue weighted by Crippen LogP contribution is 2.28. The Morgan fingerprint density at radius 2 is 2.15 bits per heavy atom. The van der Waals surface area contributed by atoms with Gasteiger partial charge in [-0.25, -0.2) is 4.98 Å². The quantitative estimate of drug-likeness (QED) is 0.464. The van der Waals surface area contributed by atoms with Crippen LogP contribution in [-0.4, -0.2) is 27.7 Å². The molecule has 2 aromatic rings. The molecule has 1 heterocycles. The van der Waals surface area contributed by atoms with Crippen molar-refractivity contribution < 1.29 is 10.0 Å². The first-order valence-corrected chi connectivity index (χ1v) is 8.99. The van der Waals surface area contributed by atoms with Gasteiger partial charge in [-0.1, -0.05) is 12.8 Å². The van der Waals surface area contributed by atoms with E-state index in [0.717, 1.165) is 32.1 Å². The number of nitro groups is 1. The molecule has 1 fully saturated rings. The van der Waals surface area contributed by atoms with Crippen LogP contribution in [0.4, 0.5) is 11.5 Å². The third kappa shape index (κ3) is 4.09. The van der Waals surface area contributed by atoms with Gasteiger partial charge in [0.05, 0.1) is 28.2 Å². The fourth-order valence-electron chi connectivity index (χ4n) is 3.62. The smallest absolute Gasteiger partial charge is 0.270 e. The third-order valence-electron chi connectivity index (χ3n) is 5.05. The highest BCUT2D eigenvalue weighted by Gasteiger charge is 2.22. The molecule has 3 rings (SSSR count). The normalized spacial score (nSPS) is 19.8. The van der Waals surface area contributed by atoms with Crippen LogP contribution < -0.4 is 5.32 Å². The number of non-ortho nitro benzene ring substituents is 1. The number of anilines is 1. The molecule has 136 valence electrons. The second-order valence-corrected chi connectivity index (χ2v) is 6.81. The minimum atomic E-state index is -0.480. The van der Waals surface area contributed by atoms with Crippen LogP contribution in [0, 0.1) is 27.4 Å². The molecule has 1 aromatic heterocycles. The van der Waals surface area contributed by atoms with Crippen LogP contribution in [0.3, 0.4) is 0 Å². The van der Waals surface area contributed by atoms with Crippen LogP contribution in [0.25, 0.3) is 10.9 Å². The standard InChI is InChI=1S/C19H22N4O3/c20-12-14-10-19(21-9-3-5-13-4-1-2-6-18(13)24)22-17-8-7-15(23(25)26)11-16(14)17/h7-8,10-11,13,18,24H,1-6,9H2,(H,21,22). The number of fused-ring (bicyclic) bond motifs is 1. The molecule has 2 N–H and O–H groups in total. The Morgan fingerprint density at radius 3 is 2.88 bits per heavy atom. The predicted molar refractivity (Wildman–Crippen MR) is 98.8 cm³/mol. The van der Waals surface area contributed by atoms with Crippen LogP contribution in [0.15, 0.2) is 24.3 Å². The van der Waals surface area contributed by atoms with E-state index in [1.807, 2.05) is 0 Å². The van der Waals surface area contributed by atoms with Crippen molar-refractivity contribution in [3.63, 3.8) is 0 Å². The van der Waals surface area contributed by atoms with Crippen molar-refractivity contribution in [3.05, 3.63) is 39.9 Å². The van der Waals surface area contributed by atoms with Gasteiger partial charge in [0.1, 0.15) is 5.82 Å². The SMILES string of the molecule is N#Cc1cc(NCCCC2CCCCC2O)nc2ccc([N+](=O)[O-])cc12. The number of aliphatic hydroxyl groups is 1. The van der Waals surface area contributed by atoms with Crippen LogP contribution in [0.5, 0.6) is 0 Å². The lowest BCUT2D eigenvalue weighted by molar-refractivity contribution is -0.384. The summed E-state index contributed by atoms with van der Waals surface area (Å²) >= 11 is 0. The minimum Gasteiger partial charge on any atom is -0.393 e. The van der Waals surface area contributed by atoms with Crippen molar-refractivity contribution in [1.29, 1.82) is 5.26 Å². The molecule has 0 spiro atoms. The van der Waals surface area contributed by atoms with Gasteiger partial charge >= 0.3 is 0 Å². The summed E-state index contributed by atoms with van der Waals surface area (Å²) in [6.45, 7) is 0.708. The molecular weight excluding hydrogens is 332 g/mol.